The van der Waals surface area contributed by atoms with Crippen LogP contribution in [0, 0.1) is 12.8 Å². The summed E-state index contributed by atoms with van der Waals surface area (Å²) in [5, 5.41) is 21.9. The fourth-order valence-electron chi connectivity index (χ4n) is 2.89. The summed E-state index contributed by atoms with van der Waals surface area (Å²) in [7, 11) is 0. The van der Waals surface area contributed by atoms with Crippen molar-refractivity contribution >= 4 is 23.5 Å². The van der Waals surface area contributed by atoms with E-state index in [9.17, 15) is 9.90 Å². The number of amides is 1. The summed E-state index contributed by atoms with van der Waals surface area (Å²) in [5.74, 6) is 1.14. The molecule has 0 aliphatic carbocycles. The van der Waals surface area contributed by atoms with Crippen LogP contribution in [0.2, 0.25) is 5.02 Å². The van der Waals surface area contributed by atoms with Gasteiger partial charge in [-0.2, -0.15) is 0 Å². The lowest BCUT2D eigenvalue weighted by atomic mass is 10.1. The highest BCUT2D eigenvalue weighted by atomic mass is 35.5. The standard InChI is InChI=1S/C17H19ClN4O3/c1-10-2-3-12(6-13(10)18)15-19-8-14(23)16(21-15)22-5-4-11(9-22)7-20-17(24)25/h2-3,6,8,11,20,23H,4-5,7,9H2,1H3,(H,24,25). The largest absolute Gasteiger partial charge is 0.503 e. The van der Waals surface area contributed by atoms with Crippen LogP contribution in [-0.4, -0.2) is 45.9 Å². The van der Waals surface area contributed by atoms with Gasteiger partial charge in [0, 0.05) is 30.2 Å². The van der Waals surface area contributed by atoms with Crippen molar-refractivity contribution in [2.45, 2.75) is 13.3 Å². The maximum Gasteiger partial charge on any atom is 0.404 e. The Bertz CT molecular complexity index is 799. The average molecular weight is 363 g/mol. The molecule has 0 bridgehead atoms. The molecule has 132 valence electrons. The Hall–Kier alpha value is -2.54. The number of aryl methyl sites for hydroxylation is 1. The highest BCUT2D eigenvalue weighted by molar-refractivity contribution is 6.31. The normalized spacial score (nSPS) is 16.9. The molecule has 1 aromatic heterocycles. The highest BCUT2D eigenvalue weighted by Gasteiger charge is 2.26. The molecule has 2 heterocycles. The van der Waals surface area contributed by atoms with Crippen molar-refractivity contribution in [1.82, 2.24) is 15.3 Å². The molecule has 8 heteroatoms. The van der Waals surface area contributed by atoms with E-state index in [0.29, 0.717) is 36.3 Å². The second kappa shape index (κ2) is 7.14. The number of halogens is 1. The summed E-state index contributed by atoms with van der Waals surface area (Å²) >= 11 is 6.17. The zero-order valence-electron chi connectivity index (χ0n) is 13.7. The van der Waals surface area contributed by atoms with Gasteiger partial charge in [0.05, 0.1) is 6.20 Å². The minimum absolute atomic E-state index is 0.00815. The molecule has 7 nitrogen and oxygen atoms in total. The van der Waals surface area contributed by atoms with Gasteiger partial charge in [0.15, 0.2) is 17.4 Å². The average Bonchev–Trinajstić information content (AvgIpc) is 3.05. The molecule has 1 atom stereocenters. The summed E-state index contributed by atoms with van der Waals surface area (Å²) in [6, 6.07) is 5.59. The third-order valence-electron chi connectivity index (χ3n) is 4.31. The van der Waals surface area contributed by atoms with Crippen LogP contribution in [0.3, 0.4) is 0 Å². The number of hydrogen-bond donors (Lipinski definition) is 3. The Labute approximate surface area is 150 Å². The van der Waals surface area contributed by atoms with Gasteiger partial charge in [0.1, 0.15) is 0 Å². The first-order valence-corrected chi connectivity index (χ1v) is 8.36. The van der Waals surface area contributed by atoms with Crippen LogP contribution >= 0.6 is 11.6 Å². The molecule has 0 radical (unpaired) electrons. The Morgan fingerprint density at radius 3 is 3.00 bits per heavy atom. The first-order valence-electron chi connectivity index (χ1n) is 7.98. The van der Waals surface area contributed by atoms with Crippen molar-refractivity contribution in [2.24, 2.45) is 5.92 Å². The number of anilines is 1. The molecule has 1 fully saturated rings. The van der Waals surface area contributed by atoms with Crippen LogP contribution in [0.1, 0.15) is 12.0 Å². The summed E-state index contributed by atoms with van der Waals surface area (Å²) in [6.07, 6.45) is 1.19. The minimum Gasteiger partial charge on any atom is -0.503 e. The molecule has 2 aromatic rings. The molecule has 3 N–H and O–H groups in total. The summed E-state index contributed by atoms with van der Waals surface area (Å²) in [4.78, 5) is 21.3. The molecule has 0 saturated carbocycles. The Morgan fingerprint density at radius 1 is 1.48 bits per heavy atom. The maximum atomic E-state index is 10.6. The smallest absolute Gasteiger partial charge is 0.404 e. The first kappa shape index (κ1) is 17.3. The quantitative estimate of drug-likeness (QED) is 0.773. The molecule has 3 rings (SSSR count). The van der Waals surface area contributed by atoms with E-state index in [0.717, 1.165) is 17.5 Å². The Balaban J connectivity index is 1.80. The van der Waals surface area contributed by atoms with E-state index in [4.69, 9.17) is 16.7 Å². The van der Waals surface area contributed by atoms with Gasteiger partial charge in [-0.15, -0.1) is 0 Å². The number of aromatic nitrogens is 2. The lowest BCUT2D eigenvalue weighted by Crippen LogP contribution is -2.30. The number of nitrogens with zero attached hydrogens (tertiary/aromatic N) is 3. The van der Waals surface area contributed by atoms with Crippen LogP contribution in [0.25, 0.3) is 11.4 Å². The SMILES string of the molecule is Cc1ccc(-c2ncc(O)c(N3CCC(CNC(=O)O)C3)n2)cc1Cl. The van der Waals surface area contributed by atoms with Gasteiger partial charge < -0.3 is 20.4 Å². The molecule has 1 amide bonds. The fraction of sp³-hybridized carbons (Fsp3) is 0.353. The van der Waals surface area contributed by atoms with E-state index < -0.39 is 6.09 Å². The molecule has 25 heavy (non-hydrogen) atoms. The molecular weight excluding hydrogens is 344 g/mol. The van der Waals surface area contributed by atoms with Crippen molar-refractivity contribution in [3.8, 4) is 17.1 Å². The van der Waals surface area contributed by atoms with E-state index in [1.54, 1.807) is 6.07 Å². The van der Waals surface area contributed by atoms with Crippen molar-refractivity contribution < 1.29 is 15.0 Å². The predicted octanol–water partition coefficient (Wildman–Crippen LogP) is 2.90. The Kier molecular flexibility index (Phi) is 4.94. The molecule has 1 aliphatic rings. The highest BCUT2D eigenvalue weighted by Crippen LogP contribution is 2.31. The summed E-state index contributed by atoms with van der Waals surface area (Å²) in [5.41, 5.74) is 1.75. The predicted molar refractivity (Wildman–Crippen MR) is 95.2 cm³/mol. The van der Waals surface area contributed by atoms with Gasteiger partial charge >= 0.3 is 6.09 Å². The number of carboxylic acid groups (broad SMARTS) is 1. The topological polar surface area (TPSA) is 98.6 Å². The number of hydrogen-bond acceptors (Lipinski definition) is 5. The Morgan fingerprint density at radius 2 is 2.28 bits per heavy atom. The summed E-state index contributed by atoms with van der Waals surface area (Å²) < 4.78 is 0. The molecule has 1 aliphatic heterocycles. The van der Waals surface area contributed by atoms with E-state index in [-0.39, 0.29) is 11.7 Å². The van der Waals surface area contributed by atoms with Crippen molar-refractivity contribution in [3.05, 3.63) is 35.0 Å². The van der Waals surface area contributed by atoms with Gasteiger partial charge in [-0.05, 0) is 30.9 Å². The zero-order chi connectivity index (χ0) is 18.0. The summed E-state index contributed by atoms with van der Waals surface area (Å²) in [6.45, 7) is 3.63. The molecule has 1 aromatic carbocycles. The van der Waals surface area contributed by atoms with Crippen LogP contribution in [0.4, 0.5) is 10.6 Å². The minimum atomic E-state index is -1.03. The number of nitrogens with one attached hydrogen (secondary N) is 1. The van der Waals surface area contributed by atoms with Gasteiger partial charge in [-0.1, -0.05) is 23.7 Å². The van der Waals surface area contributed by atoms with Crippen LogP contribution in [0.5, 0.6) is 5.75 Å². The van der Waals surface area contributed by atoms with Crippen LogP contribution in [-0.2, 0) is 0 Å². The second-order valence-electron chi connectivity index (χ2n) is 6.15. The van der Waals surface area contributed by atoms with Gasteiger partial charge in [0.25, 0.3) is 0 Å². The third kappa shape index (κ3) is 3.93. The first-order chi connectivity index (χ1) is 11.9. The molecule has 1 unspecified atom stereocenters. The van der Waals surface area contributed by atoms with Crippen molar-refractivity contribution in [3.63, 3.8) is 0 Å². The number of benzene rings is 1. The van der Waals surface area contributed by atoms with E-state index in [2.05, 4.69) is 15.3 Å². The monoisotopic (exact) mass is 362 g/mol. The van der Waals surface area contributed by atoms with Crippen LogP contribution in [0.15, 0.2) is 24.4 Å². The number of aromatic hydroxyl groups is 1. The fourth-order valence-corrected chi connectivity index (χ4v) is 3.07. The lowest BCUT2D eigenvalue weighted by Gasteiger charge is -2.19. The number of rotatable bonds is 4. The van der Waals surface area contributed by atoms with E-state index in [1.807, 2.05) is 24.0 Å². The van der Waals surface area contributed by atoms with Gasteiger partial charge in [0.2, 0.25) is 0 Å². The molecule has 1 saturated heterocycles. The zero-order valence-corrected chi connectivity index (χ0v) is 14.5. The van der Waals surface area contributed by atoms with E-state index in [1.165, 1.54) is 6.20 Å². The second-order valence-corrected chi connectivity index (χ2v) is 6.56. The van der Waals surface area contributed by atoms with Crippen LogP contribution < -0.4 is 10.2 Å². The van der Waals surface area contributed by atoms with Crippen molar-refractivity contribution in [2.75, 3.05) is 24.5 Å². The maximum absolute atomic E-state index is 10.6. The molecule has 0 spiro atoms. The number of carbonyl (C=O) groups is 1. The lowest BCUT2D eigenvalue weighted by molar-refractivity contribution is 0.192. The van der Waals surface area contributed by atoms with Gasteiger partial charge in [-0.3, -0.25) is 0 Å². The van der Waals surface area contributed by atoms with Crippen molar-refractivity contribution in [1.29, 1.82) is 0 Å². The van der Waals surface area contributed by atoms with E-state index >= 15 is 0 Å². The third-order valence-corrected chi connectivity index (χ3v) is 4.71. The molecular formula is C17H19ClN4O3. The van der Waals surface area contributed by atoms with Gasteiger partial charge in [-0.25, -0.2) is 14.8 Å².